The van der Waals surface area contributed by atoms with Gasteiger partial charge in [-0.25, -0.2) is 4.79 Å². The van der Waals surface area contributed by atoms with Crippen LogP contribution in [-0.4, -0.2) is 32.3 Å². The molecular weight excluding hydrogens is 333 g/mol. The van der Waals surface area contributed by atoms with Crippen LogP contribution >= 0.6 is 22.6 Å². The Balaban J connectivity index is 2.10. The summed E-state index contributed by atoms with van der Waals surface area (Å²) < 4.78 is 11.1. The average molecular weight is 349 g/mol. The number of ether oxygens (including phenoxy) is 2. The van der Waals surface area contributed by atoms with E-state index in [9.17, 15) is 4.79 Å². The molecule has 0 radical (unpaired) electrons. The number of carbonyl (C=O) groups is 1. The molecule has 0 aliphatic carbocycles. The Bertz CT molecular complexity index is 357. The Morgan fingerprint density at radius 3 is 3.00 bits per heavy atom. The van der Waals surface area contributed by atoms with Gasteiger partial charge in [0.2, 0.25) is 0 Å². The second-order valence-electron chi connectivity index (χ2n) is 3.29. The number of anilines is 1. The lowest BCUT2D eigenvalue weighted by Gasteiger charge is -2.07. The highest BCUT2D eigenvalue weighted by Gasteiger charge is 2.00. The van der Waals surface area contributed by atoms with Gasteiger partial charge < -0.3 is 14.8 Å². The van der Waals surface area contributed by atoms with Crippen molar-refractivity contribution in [2.75, 3.05) is 31.7 Å². The minimum Gasteiger partial charge on any atom is -0.464 e. The molecule has 1 aromatic carbocycles. The monoisotopic (exact) mass is 349 g/mol. The van der Waals surface area contributed by atoms with Crippen LogP contribution in [-0.2, 0) is 14.3 Å². The standard InChI is InChI=1S/C12H16INO3/c1-2-17-12(15)9-16-7-6-14-11-5-3-4-10(13)8-11/h3-5,8,14H,2,6-7,9H2,1H3. The van der Waals surface area contributed by atoms with E-state index < -0.39 is 0 Å². The van der Waals surface area contributed by atoms with E-state index in [0.717, 1.165) is 5.69 Å². The number of esters is 1. The van der Waals surface area contributed by atoms with Crippen molar-refractivity contribution in [3.05, 3.63) is 27.8 Å². The summed E-state index contributed by atoms with van der Waals surface area (Å²) in [5, 5.41) is 3.21. The van der Waals surface area contributed by atoms with Crippen molar-refractivity contribution in [1.82, 2.24) is 0 Å². The summed E-state index contributed by atoms with van der Waals surface area (Å²) in [6.07, 6.45) is 0. The van der Waals surface area contributed by atoms with Gasteiger partial charge in [0.1, 0.15) is 6.61 Å². The van der Waals surface area contributed by atoms with Crippen molar-refractivity contribution in [2.24, 2.45) is 0 Å². The van der Waals surface area contributed by atoms with Crippen LogP contribution < -0.4 is 5.32 Å². The molecular formula is C12H16INO3. The lowest BCUT2D eigenvalue weighted by atomic mass is 10.3. The van der Waals surface area contributed by atoms with Crippen molar-refractivity contribution in [1.29, 1.82) is 0 Å². The van der Waals surface area contributed by atoms with Crippen LogP contribution in [0.4, 0.5) is 5.69 Å². The van der Waals surface area contributed by atoms with Gasteiger partial charge in [0.15, 0.2) is 0 Å². The zero-order valence-electron chi connectivity index (χ0n) is 9.74. The molecule has 0 fully saturated rings. The molecule has 1 N–H and O–H groups in total. The normalized spacial score (nSPS) is 10.0. The van der Waals surface area contributed by atoms with E-state index in [2.05, 4.69) is 27.9 Å². The first-order valence-electron chi connectivity index (χ1n) is 5.45. The number of nitrogens with one attached hydrogen (secondary N) is 1. The Kier molecular flexibility index (Phi) is 6.95. The molecule has 0 aliphatic heterocycles. The third-order valence-electron chi connectivity index (χ3n) is 1.93. The number of rotatable bonds is 7. The first-order chi connectivity index (χ1) is 8.22. The van der Waals surface area contributed by atoms with Crippen molar-refractivity contribution >= 4 is 34.2 Å². The van der Waals surface area contributed by atoms with Crippen molar-refractivity contribution < 1.29 is 14.3 Å². The summed E-state index contributed by atoms with van der Waals surface area (Å²) in [6, 6.07) is 8.06. The number of carbonyl (C=O) groups excluding carboxylic acids is 1. The molecule has 0 bridgehead atoms. The molecule has 0 heterocycles. The lowest BCUT2D eigenvalue weighted by molar-refractivity contribution is -0.148. The fourth-order valence-corrected chi connectivity index (χ4v) is 1.77. The zero-order chi connectivity index (χ0) is 12.5. The Morgan fingerprint density at radius 1 is 1.47 bits per heavy atom. The summed E-state index contributed by atoms with van der Waals surface area (Å²) in [4.78, 5) is 11.0. The molecule has 0 unspecified atom stereocenters. The molecule has 0 saturated heterocycles. The van der Waals surface area contributed by atoms with Crippen molar-refractivity contribution in [2.45, 2.75) is 6.92 Å². The fraction of sp³-hybridized carbons (Fsp3) is 0.417. The zero-order valence-corrected chi connectivity index (χ0v) is 11.9. The molecule has 0 aromatic heterocycles. The van der Waals surface area contributed by atoms with Gasteiger partial charge in [0.05, 0.1) is 13.2 Å². The minimum absolute atomic E-state index is 0.0157. The smallest absolute Gasteiger partial charge is 0.332 e. The van der Waals surface area contributed by atoms with Gasteiger partial charge in [0, 0.05) is 15.8 Å². The molecule has 94 valence electrons. The van der Waals surface area contributed by atoms with E-state index in [1.54, 1.807) is 6.92 Å². The second kappa shape index (κ2) is 8.30. The first kappa shape index (κ1) is 14.2. The van der Waals surface area contributed by atoms with Gasteiger partial charge in [-0.15, -0.1) is 0 Å². The molecule has 4 nitrogen and oxygen atoms in total. The first-order valence-corrected chi connectivity index (χ1v) is 6.53. The topological polar surface area (TPSA) is 47.6 Å². The van der Waals surface area contributed by atoms with Gasteiger partial charge in [0.25, 0.3) is 0 Å². The van der Waals surface area contributed by atoms with Crippen LogP contribution in [0.15, 0.2) is 24.3 Å². The highest BCUT2D eigenvalue weighted by molar-refractivity contribution is 14.1. The maximum absolute atomic E-state index is 11.0. The molecule has 0 spiro atoms. The fourth-order valence-electron chi connectivity index (χ4n) is 1.22. The van der Waals surface area contributed by atoms with E-state index in [4.69, 9.17) is 9.47 Å². The molecule has 5 heteroatoms. The largest absolute Gasteiger partial charge is 0.464 e. The average Bonchev–Trinajstić information content (AvgIpc) is 2.29. The third-order valence-corrected chi connectivity index (χ3v) is 2.60. The molecule has 17 heavy (non-hydrogen) atoms. The Labute approximate surface area is 115 Å². The summed E-state index contributed by atoms with van der Waals surface area (Å²) in [6.45, 7) is 3.32. The highest BCUT2D eigenvalue weighted by atomic mass is 127. The second-order valence-corrected chi connectivity index (χ2v) is 4.54. The quantitative estimate of drug-likeness (QED) is 0.466. The van der Waals surface area contributed by atoms with Gasteiger partial charge in [-0.2, -0.15) is 0 Å². The number of hydrogen-bond donors (Lipinski definition) is 1. The van der Waals surface area contributed by atoms with Gasteiger partial charge in [-0.3, -0.25) is 0 Å². The van der Waals surface area contributed by atoms with Crippen molar-refractivity contribution in [3.63, 3.8) is 0 Å². The van der Waals surface area contributed by atoms with Crippen LogP contribution in [0.5, 0.6) is 0 Å². The highest BCUT2D eigenvalue weighted by Crippen LogP contribution is 2.11. The Hall–Kier alpha value is -0.820. The molecule has 0 saturated carbocycles. The number of hydrogen-bond acceptors (Lipinski definition) is 4. The summed E-state index contributed by atoms with van der Waals surface area (Å²) in [5.74, 6) is -0.318. The third kappa shape index (κ3) is 6.48. The minimum atomic E-state index is -0.318. The van der Waals surface area contributed by atoms with Crippen LogP contribution in [0, 0.1) is 3.57 Å². The van der Waals surface area contributed by atoms with Crippen LogP contribution in [0.2, 0.25) is 0 Å². The van der Waals surface area contributed by atoms with E-state index in [1.807, 2.05) is 24.3 Å². The maximum Gasteiger partial charge on any atom is 0.332 e. The van der Waals surface area contributed by atoms with Crippen molar-refractivity contribution in [3.8, 4) is 0 Å². The number of halogens is 1. The van der Waals surface area contributed by atoms with Gasteiger partial charge in [-0.1, -0.05) is 6.07 Å². The maximum atomic E-state index is 11.0. The molecule has 0 aliphatic rings. The van der Waals surface area contributed by atoms with E-state index in [-0.39, 0.29) is 12.6 Å². The Morgan fingerprint density at radius 2 is 2.29 bits per heavy atom. The lowest BCUT2D eigenvalue weighted by Crippen LogP contribution is -2.16. The SMILES string of the molecule is CCOC(=O)COCCNc1cccc(I)c1. The van der Waals surface area contributed by atoms with Crippen LogP contribution in [0.25, 0.3) is 0 Å². The molecule has 0 amide bonds. The summed E-state index contributed by atoms with van der Waals surface area (Å²) in [7, 11) is 0. The summed E-state index contributed by atoms with van der Waals surface area (Å²) in [5.41, 5.74) is 1.05. The summed E-state index contributed by atoms with van der Waals surface area (Å²) >= 11 is 2.26. The van der Waals surface area contributed by atoms with Gasteiger partial charge in [-0.05, 0) is 47.7 Å². The van der Waals surface area contributed by atoms with Crippen LogP contribution in [0.3, 0.4) is 0 Å². The molecule has 0 atom stereocenters. The predicted octanol–water partition coefficient (Wildman–Crippen LogP) is 2.28. The molecule has 1 aromatic rings. The van der Waals surface area contributed by atoms with Gasteiger partial charge >= 0.3 is 5.97 Å². The number of benzene rings is 1. The van der Waals surface area contributed by atoms with E-state index in [0.29, 0.717) is 19.8 Å². The predicted molar refractivity (Wildman–Crippen MR) is 75.1 cm³/mol. The van der Waals surface area contributed by atoms with Crippen LogP contribution in [0.1, 0.15) is 6.92 Å². The molecule has 1 rings (SSSR count). The van der Waals surface area contributed by atoms with E-state index in [1.165, 1.54) is 3.57 Å². The van der Waals surface area contributed by atoms with E-state index >= 15 is 0 Å².